The van der Waals surface area contributed by atoms with Gasteiger partial charge < -0.3 is 26.0 Å². The number of carbonyl (C=O) groups excluding carboxylic acids is 2. The molecule has 0 unspecified atom stereocenters. The molecule has 3 atom stereocenters. The minimum atomic E-state index is -2.61. The molecule has 1 aromatic rings. The minimum absolute atomic E-state index is 0.0719. The number of likely N-dealkylation sites (tertiary alicyclic amines) is 1. The number of rotatable bonds is 11. The van der Waals surface area contributed by atoms with Gasteiger partial charge in [-0.05, 0) is 64.0 Å². The Hall–Kier alpha value is -2.40. The van der Waals surface area contributed by atoms with Crippen molar-refractivity contribution in [1.82, 2.24) is 20.9 Å². The first-order valence-corrected chi connectivity index (χ1v) is 13.9. The average molecular weight is 559 g/mol. The standard InChI is InChI=1S/C28H42F4N4O3/c1-19(37)34-14-5-11-28(39,23-7-3-8-24(29)25(23)30)21-6-4-15-36(18-21)26(38)35-22(17-33-2)16-20-9-12-27(31,32)13-10-20/h3,7-8,20-22,33,39H,4-6,9-18H2,1-2H3,(H,34,37)(H,35,38)/t21-,22+,28+/m1/s1. The Morgan fingerprint density at radius 3 is 2.59 bits per heavy atom. The number of carbonyl (C=O) groups is 2. The van der Waals surface area contributed by atoms with Crippen LogP contribution in [0.3, 0.4) is 0 Å². The molecule has 0 aromatic heterocycles. The van der Waals surface area contributed by atoms with Crippen molar-refractivity contribution < 1.29 is 32.3 Å². The van der Waals surface area contributed by atoms with E-state index in [1.807, 2.05) is 0 Å². The van der Waals surface area contributed by atoms with E-state index in [2.05, 4.69) is 16.0 Å². The summed E-state index contributed by atoms with van der Waals surface area (Å²) in [5.74, 6) is -5.48. The lowest BCUT2D eigenvalue weighted by molar-refractivity contribution is -0.119. The van der Waals surface area contributed by atoms with Gasteiger partial charge >= 0.3 is 6.03 Å². The predicted molar refractivity (Wildman–Crippen MR) is 140 cm³/mol. The lowest BCUT2D eigenvalue weighted by atomic mass is 9.74. The van der Waals surface area contributed by atoms with Gasteiger partial charge in [0.2, 0.25) is 11.8 Å². The van der Waals surface area contributed by atoms with Gasteiger partial charge in [0, 0.05) is 63.5 Å². The topological polar surface area (TPSA) is 93.7 Å². The second kappa shape index (κ2) is 13.8. The SMILES string of the molecule is CNC[C@H](CC1CCC(F)(F)CC1)NC(=O)N1CCC[C@@H]([C@@](O)(CCCNC(C)=O)c2cccc(F)c2F)C1. The highest BCUT2D eigenvalue weighted by atomic mass is 19.3. The van der Waals surface area contributed by atoms with Gasteiger partial charge in [-0.15, -0.1) is 0 Å². The highest BCUT2D eigenvalue weighted by Crippen LogP contribution is 2.41. The van der Waals surface area contributed by atoms with Crippen molar-refractivity contribution in [2.45, 2.75) is 82.3 Å². The zero-order valence-corrected chi connectivity index (χ0v) is 22.9. The van der Waals surface area contributed by atoms with Crippen LogP contribution in [0.1, 0.15) is 70.3 Å². The molecule has 0 radical (unpaired) electrons. The number of piperidine rings is 1. The third kappa shape index (κ3) is 8.54. The Morgan fingerprint density at radius 2 is 1.92 bits per heavy atom. The van der Waals surface area contributed by atoms with Crippen molar-refractivity contribution in [3.05, 3.63) is 35.4 Å². The van der Waals surface area contributed by atoms with E-state index < -0.39 is 29.1 Å². The molecule has 7 nitrogen and oxygen atoms in total. The zero-order valence-electron chi connectivity index (χ0n) is 22.9. The normalized spacial score (nSPS) is 22.1. The van der Waals surface area contributed by atoms with E-state index in [4.69, 9.17) is 0 Å². The van der Waals surface area contributed by atoms with Gasteiger partial charge in [0.15, 0.2) is 11.6 Å². The highest BCUT2D eigenvalue weighted by Gasteiger charge is 2.43. The van der Waals surface area contributed by atoms with Crippen LogP contribution in [0.25, 0.3) is 0 Å². The van der Waals surface area contributed by atoms with E-state index in [1.165, 1.54) is 19.1 Å². The lowest BCUT2D eigenvalue weighted by Gasteiger charge is -2.43. The molecule has 1 saturated carbocycles. The number of hydrogen-bond donors (Lipinski definition) is 4. The molecule has 2 fully saturated rings. The molecule has 3 rings (SSSR count). The van der Waals surface area contributed by atoms with E-state index in [-0.39, 0.29) is 61.8 Å². The van der Waals surface area contributed by atoms with E-state index >= 15 is 0 Å². The quantitative estimate of drug-likeness (QED) is 0.241. The molecule has 220 valence electrons. The van der Waals surface area contributed by atoms with Crippen LogP contribution < -0.4 is 16.0 Å². The second-order valence-corrected chi connectivity index (χ2v) is 11.1. The maximum Gasteiger partial charge on any atom is 0.317 e. The highest BCUT2D eigenvalue weighted by molar-refractivity contribution is 5.74. The van der Waals surface area contributed by atoms with E-state index in [0.29, 0.717) is 51.6 Å². The van der Waals surface area contributed by atoms with Gasteiger partial charge in [-0.3, -0.25) is 4.79 Å². The lowest BCUT2D eigenvalue weighted by Crippen LogP contribution is -2.54. The van der Waals surface area contributed by atoms with Crippen molar-refractivity contribution in [2.24, 2.45) is 11.8 Å². The van der Waals surface area contributed by atoms with Gasteiger partial charge in [0.05, 0.1) is 5.60 Å². The average Bonchev–Trinajstić information content (AvgIpc) is 2.89. The van der Waals surface area contributed by atoms with Gasteiger partial charge in [-0.2, -0.15) is 0 Å². The Balaban J connectivity index is 1.71. The Kier molecular flexibility index (Phi) is 11.0. The first kappa shape index (κ1) is 31.1. The number of likely N-dealkylation sites (N-methyl/N-ethyl adjacent to an activating group) is 1. The second-order valence-electron chi connectivity index (χ2n) is 11.1. The molecule has 4 N–H and O–H groups in total. The summed E-state index contributed by atoms with van der Waals surface area (Å²) in [6, 6.07) is 3.13. The molecule has 0 bridgehead atoms. The summed E-state index contributed by atoms with van der Waals surface area (Å²) in [6.45, 7) is 2.71. The first-order valence-electron chi connectivity index (χ1n) is 13.9. The maximum absolute atomic E-state index is 14.9. The van der Waals surface area contributed by atoms with Crippen LogP contribution in [0.5, 0.6) is 0 Å². The number of benzene rings is 1. The van der Waals surface area contributed by atoms with E-state index in [9.17, 15) is 32.3 Å². The van der Waals surface area contributed by atoms with Gasteiger partial charge in [0.25, 0.3) is 0 Å². The van der Waals surface area contributed by atoms with Crippen LogP contribution >= 0.6 is 0 Å². The van der Waals surface area contributed by atoms with Gasteiger partial charge in [-0.1, -0.05) is 12.1 Å². The van der Waals surface area contributed by atoms with Crippen molar-refractivity contribution in [2.75, 3.05) is 33.2 Å². The Morgan fingerprint density at radius 1 is 1.21 bits per heavy atom. The molecule has 1 aromatic carbocycles. The van der Waals surface area contributed by atoms with Crippen molar-refractivity contribution in [3.63, 3.8) is 0 Å². The molecule has 2 aliphatic rings. The molecule has 39 heavy (non-hydrogen) atoms. The molecule has 1 aliphatic carbocycles. The van der Waals surface area contributed by atoms with Crippen LogP contribution in [0.4, 0.5) is 22.4 Å². The molecule has 1 heterocycles. The largest absolute Gasteiger partial charge is 0.385 e. The zero-order chi connectivity index (χ0) is 28.6. The monoisotopic (exact) mass is 558 g/mol. The van der Waals surface area contributed by atoms with Crippen LogP contribution in [0, 0.1) is 23.5 Å². The summed E-state index contributed by atoms with van der Waals surface area (Å²) in [5, 5.41) is 20.6. The smallest absolute Gasteiger partial charge is 0.317 e. The number of hydrogen-bond acceptors (Lipinski definition) is 4. The summed E-state index contributed by atoms with van der Waals surface area (Å²) >= 11 is 0. The molecular weight excluding hydrogens is 516 g/mol. The maximum atomic E-state index is 14.9. The van der Waals surface area contributed by atoms with E-state index in [1.54, 1.807) is 11.9 Å². The number of nitrogens with zero attached hydrogens (tertiary/aromatic N) is 1. The fraction of sp³-hybridized carbons (Fsp3) is 0.714. The van der Waals surface area contributed by atoms with Crippen molar-refractivity contribution in [1.29, 1.82) is 0 Å². The molecule has 3 amide bonds. The molecule has 11 heteroatoms. The number of amides is 3. The molecule has 0 spiro atoms. The Bertz CT molecular complexity index is 972. The fourth-order valence-corrected chi connectivity index (χ4v) is 6.01. The number of aliphatic hydroxyl groups is 1. The summed E-state index contributed by atoms with van der Waals surface area (Å²) in [4.78, 5) is 26.2. The summed E-state index contributed by atoms with van der Waals surface area (Å²) in [6.07, 6.45) is 2.62. The number of alkyl halides is 2. The fourth-order valence-electron chi connectivity index (χ4n) is 6.01. The minimum Gasteiger partial charge on any atom is -0.385 e. The summed E-state index contributed by atoms with van der Waals surface area (Å²) in [7, 11) is 1.76. The number of nitrogens with one attached hydrogen (secondary N) is 3. The van der Waals surface area contributed by atoms with Crippen LogP contribution in [0.15, 0.2) is 18.2 Å². The summed E-state index contributed by atoms with van der Waals surface area (Å²) < 4.78 is 56.2. The van der Waals surface area contributed by atoms with Crippen molar-refractivity contribution >= 4 is 11.9 Å². The number of halogens is 4. The van der Waals surface area contributed by atoms with E-state index in [0.717, 1.165) is 6.07 Å². The van der Waals surface area contributed by atoms with Gasteiger partial charge in [0.1, 0.15) is 0 Å². The predicted octanol–water partition coefficient (Wildman–Crippen LogP) is 4.29. The van der Waals surface area contributed by atoms with Gasteiger partial charge in [-0.25, -0.2) is 22.4 Å². The Labute approximate surface area is 228 Å². The van der Waals surface area contributed by atoms with Crippen LogP contribution in [0.2, 0.25) is 0 Å². The van der Waals surface area contributed by atoms with Crippen LogP contribution in [-0.2, 0) is 10.4 Å². The third-order valence-corrected chi connectivity index (χ3v) is 8.14. The molecule has 1 aliphatic heterocycles. The first-order chi connectivity index (χ1) is 18.4. The van der Waals surface area contributed by atoms with Crippen molar-refractivity contribution in [3.8, 4) is 0 Å². The molecular formula is C28H42F4N4O3. The van der Waals surface area contributed by atoms with Crippen LogP contribution in [-0.4, -0.2) is 67.1 Å². The summed E-state index contributed by atoms with van der Waals surface area (Å²) in [5.41, 5.74) is -1.90. The third-order valence-electron chi connectivity index (χ3n) is 8.14. The molecule has 1 saturated heterocycles. The number of urea groups is 1.